The largest absolute Gasteiger partial charge is 0.488 e. The predicted octanol–water partition coefficient (Wildman–Crippen LogP) is 5.21. The lowest BCUT2D eigenvalue weighted by atomic mass is 10.1. The van der Waals surface area contributed by atoms with Gasteiger partial charge in [0.05, 0.1) is 0 Å². The van der Waals surface area contributed by atoms with Gasteiger partial charge in [0, 0.05) is 21.1 Å². The van der Waals surface area contributed by atoms with Crippen LogP contribution in [0.5, 0.6) is 5.75 Å². The van der Waals surface area contributed by atoms with Crippen molar-refractivity contribution in [1.82, 2.24) is 5.32 Å². The first kappa shape index (κ1) is 16.5. The summed E-state index contributed by atoms with van der Waals surface area (Å²) in [7, 11) is 0. The van der Waals surface area contributed by atoms with Crippen LogP contribution in [0.4, 0.5) is 0 Å². The summed E-state index contributed by atoms with van der Waals surface area (Å²) in [5.74, 6) is 0.971. The van der Waals surface area contributed by atoms with E-state index in [1.807, 2.05) is 12.1 Å². The van der Waals surface area contributed by atoms with Crippen molar-refractivity contribution < 1.29 is 4.74 Å². The van der Waals surface area contributed by atoms with Crippen LogP contribution in [-0.2, 0) is 13.2 Å². The molecule has 0 spiro atoms. The Balaban J connectivity index is 2.18. The summed E-state index contributed by atoms with van der Waals surface area (Å²) in [5, 5.41) is 3.36. The molecule has 0 unspecified atom stereocenters. The van der Waals surface area contributed by atoms with Crippen molar-refractivity contribution in [3.63, 3.8) is 0 Å². The molecule has 2 aromatic rings. The molecule has 0 bridgehead atoms. The van der Waals surface area contributed by atoms with Gasteiger partial charge in [-0.25, -0.2) is 0 Å². The van der Waals surface area contributed by atoms with Gasteiger partial charge >= 0.3 is 0 Å². The molecule has 0 heterocycles. The molecule has 2 aromatic carbocycles. The fourth-order valence-corrected chi connectivity index (χ4v) is 3.25. The number of nitrogens with one attached hydrogen (secondary N) is 1. The normalized spacial score (nSPS) is 10.7. The van der Waals surface area contributed by atoms with Gasteiger partial charge in [-0.2, -0.15) is 0 Å². The van der Waals surface area contributed by atoms with Gasteiger partial charge in [0.15, 0.2) is 0 Å². The first-order valence-electron chi connectivity index (χ1n) is 6.97. The van der Waals surface area contributed by atoms with Crippen LogP contribution in [0, 0.1) is 6.92 Å². The van der Waals surface area contributed by atoms with Gasteiger partial charge in [0.2, 0.25) is 0 Å². The molecule has 2 nitrogen and oxygen atoms in total. The number of aryl methyl sites for hydroxylation is 1. The summed E-state index contributed by atoms with van der Waals surface area (Å²) in [6.45, 7) is 6.51. The molecule has 0 aliphatic carbocycles. The van der Waals surface area contributed by atoms with Crippen LogP contribution in [0.25, 0.3) is 0 Å². The summed E-state index contributed by atoms with van der Waals surface area (Å²) >= 11 is 7.04. The molecule has 0 aliphatic rings. The van der Waals surface area contributed by atoms with Crippen molar-refractivity contribution in [3.8, 4) is 5.75 Å². The van der Waals surface area contributed by atoms with Gasteiger partial charge in [0.1, 0.15) is 12.4 Å². The van der Waals surface area contributed by atoms with E-state index in [1.54, 1.807) is 0 Å². The third-order valence-electron chi connectivity index (χ3n) is 3.15. The molecule has 0 amide bonds. The Bertz CT molecular complexity index is 614. The van der Waals surface area contributed by atoms with Crippen LogP contribution in [0.3, 0.4) is 0 Å². The zero-order valence-corrected chi connectivity index (χ0v) is 15.4. The topological polar surface area (TPSA) is 21.3 Å². The van der Waals surface area contributed by atoms with Crippen molar-refractivity contribution in [2.45, 2.75) is 27.0 Å². The zero-order valence-electron chi connectivity index (χ0n) is 12.2. The van der Waals surface area contributed by atoms with Crippen LogP contribution in [0.1, 0.15) is 23.6 Å². The van der Waals surface area contributed by atoms with Crippen molar-refractivity contribution >= 4 is 31.9 Å². The number of hydrogen-bond acceptors (Lipinski definition) is 2. The van der Waals surface area contributed by atoms with Gasteiger partial charge in [-0.3, -0.25) is 0 Å². The number of halogens is 2. The highest BCUT2D eigenvalue weighted by Crippen LogP contribution is 2.29. The fraction of sp³-hybridized carbons (Fsp3) is 0.294. The molecule has 0 radical (unpaired) electrons. The van der Waals surface area contributed by atoms with Gasteiger partial charge in [-0.15, -0.1) is 0 Å². The van der Waals surface area contributed by atoms with E-state index < -0.39 is 0 Å². The third kappa shape index (κ3) is 4.83. The monoisotopic (exact) mass is 411 g/mol. The van der Waals surface area contributed by atoms with Crippen LogP contribution >= 0.6 is 31.9 Å². The van der Waals surface area contributed by atoms with Crippen LogP contribution < -0.4 is 10.1 Å². The maximum absolute atomic E-state index is 6.08. The van der Waals surface area contributed by atoms with E-state index in [0.29, 0.717) is 6.61 Å². The first-order chi connectivity index (χ1) is 10.1. The lowest BCUT2D eigenvalue weighted by Crippen LogP contribution is -2.13. The van der Waals surface area contributed by atoms with Crippen molar-refractivity contribution in [2.75, 3.05) is 6.54 Å². The van der Waals surface area contributed by atoms with Crippen LogP contribution in [0.2, 0.25) is 0 Å². The molecule has 0 aromatic heterocycles. The molecule has 0 saturated carbocycles. The third-order valence-corrected chi connectivity index (χ3v) is 4.11. The van der Waals surface area contributed by atoms with Crippen LogP contribution in [-0.4, -0.2) is 6.54 Å². The van der Waals surface area contributed by atoms with E-state index in [1.165, 1.54) is 5.56 Å². The summed E-state index contributed by atoms with van der Waals surface area (Å²) in [4.78, 5) is 0. The van der Waals surface area contributed by atoms with Gasteiger partial charge in [-0.05, 0) is 48.9 Å². The zero-order chi connectivity index (χ0) is 15.2. The number of hydrogen-bond donors (Lipinski definition) is 1. The Morgan fingerprint density at radius 2 is 1.90 bits per heavy atom. The summed E-state index contributed by atoms with van der Waals surface area (Å²) in [6, 6.07) is 12.4. The molecule has 2 rings (SSSR count). The number of rotatable bonds is 6. The number of benzene rings is 2. The Labute approximate surface area is 143 Å². The minimum Gasteiger partial charge on any atom is -0.488 e. The van der Waals surface area contributed by atoms with Crippen molar-refractivity contribution in [2.24, 2.45) is 0 Å². The minimum absolute atomic E-state index is 0.570. The predicted molar refractivity (Wildman–Crippen MR) is 94.7 cm³/mol. The van der Waals surface area contributed by atoms with Crippen LogP contribution in [0.15, 0.2) is 45.3 Å². The molecule has 112 valence electrons. The smallest absolute Gasteiger partial charge is 0.127 e. The molecule has 4 heteroatoms. The molecular formula is C17H19Br2NO. The second-order valence-corrected chi connectivity index (χ2v) is 6.74. The standard InChI is InChI=1S/C17H19Br2NO/c1-3-20-10-14-9-16(19)7-12(2)17(14)21-11-13-5-4-6-15(18)8-13/h4-9,20H,3,10-11H2,1-2H3. The maximum Gasteiger partial charge on any atom is 0.127 e. The van der Waals surface area contributed by atoms with Gasteiger partial charge in [0.25, 0.3) is 0 Å². The van der Waals surface area contributed by atoms with Gasteiger partial charge < -0.3 is 10.1 Å². The molecule has 1 N–H and O–H groups in total. The number of ether oxygens (including phenoxy) is 1. The highest BCUT2D eigenvalue weighted by Gasteiger charge is 2.09. The Kier molecular flexibility index (Phi) is 6.27. The lowest BCUT2D eigenvalue weighted by Gasteiger charge is -2.15. The molecular weight excluding hydrogens is 394 g/mol. The van der Waals surface area contributed by atoms with Crippen molar-refractivity contribution in [1.29, 1.82) is 0 Å². The second kappa shape index (κ2) is 7.97. The lowest BCUT2D eigenvalue weighted by molar-refractivity contribution is 0.300. The molecule has 21 heavy (non-hydrogen) atoms. The van der Waals surface area contributed by atoms with E-state index >= 15 is 0 Å². The summed E-state index contributed by atoms with van der Waals surface area (Å²) in [5.41, 5.74) is 3.48. The van der Waals surface area contributed by atoms with E-state index in [0.717, 1.165) is 38.9 Å². The minimum atomic E-state index is 0.570. The molecule has 0 saturated heterocycles. The van der Waals surface area contributed by atoms with Gasteiger partial charge in [-0.1, -0.05) is 50.9 Å². The van der Waals surface area contributed by atoms with Crippen molar-refractivity contribution in [3.05, 3.63) is 62.0 Å². The second-order valence-electron chi connectivity index (χ2n) is 4.91. The summed E-state index contributed by atoms with van der Waals surface area (Å²) < 4.78 is 8.24. The highest BCUT2D eigenvalue weighted by molar-refractivity contribution is 9.10. The first-order valence-corrected chi connectivity index (χ1v) is 8.55. The Morgan fingerprint density at radius 1 is 1.10 bits per heavy atom. The Hall–Kier alpha value is -0.840. The molecule has 0 fully saturated rings. The van der Waals surface area contributed by atoms with E-state index in [4.69, 9.17) is 4.74 Å². The average Bonchev–Trinajstić information content (AvgIpc) is 2.44. The van der Waals surface area contributed by atoms with E-state index in [-0.39, 0.29) is 0 Å². The SMILES string of the molecule is CCNCc1cc(Br)cc(C)c1OCc1cccc(Br)c1. The average molecular weight is 413 g/mol. The molecule has 0 atom stereocenters. The molecule has 0 aliphatic heterocycles. The highest BCUT2D eigenvalue weighted by atomic mass is 79.9. The summed E-state index contributed by atoms with van der Waals surface area (Å²) in [6.07, 6.45) is 0. The Morgan fingerprint density at radius 3 is 2.62 bits per heavy atom. The maximum atomic E-state index is 6.08. The fourth-order valence-electron chi connectivity index (χ4n) is 2.18. The van der Waals surface area contributed by atoms with E-state index in [9.17, 15) is 0 Å². The van der Waals surface area contributed by atoms with E-state index in [2.05, 4.69) is 75.3 Å². The quantitative estimate of drug-likeness (QED) is 0.703.